The van der Waals surface area contributed by atoms with Gasteiger partial charge in [0.2, 0.25) is 11.8 Å². The van der Waals surface area contributed by atoms with Gasteiger partial charge < -0.3 is 10.2 Å². The Morgan fingerprint density at radius 3 is 2.37 bits per heavy atom. The molecule has 2 rings (SSSR count). The molecule has 2 amide bonds. The number of carbonyl (C=O) groups excluding carboxylic acids is 2. The van der Waals surface area contributed by atoms with E-state index in [2.05, 4.69) is 59.4 Å². The van der Waals surface area contributed by atoms with Gasteiger partial charge in [-0.1, -0.05) is 72.6 Å². The Labute approximate surface area is 189 Å². The van der Waals surface area contributed by atoms with E-state index in [-0.39, 0.29) is 11.8 Å². The van der Waals surface area contributed by atoms with Gasteiger partial charge in [-0.3, -0.25) is 9.59 Å². The van der Waals surface area contributed by atoms with E-state index >= 15 is 0 Å². The van der Waals surface area contributed by atoms with Crippen molar-refractivity contribution in [2.75, 3.05) is 6.54 Å². The summed E-state index contributed by atoms with van der Waals surface area (Å²) < 4.78 is 0.962. The Morgan fingerprint density at radius 2 is 1.73 bits per heavy atom. The van der Waals surface area contributed by atoms with Crippen LogP contribution in [0.2, 0.25) is 0 Å². The fourth-order valence-electron chi connectivity index (χ4n) is 3.29. The number of hydrogen-bond donors (Lipinski definition) is 1. The zero-order valence-corrected chi connectivity index (χ0v) is 19.9. The molecule has 1 atom stereocenters. The Kier molecular flexibility index (Phi) is 10.1. The zero-order valence-electron chi connectivity index (χ0n) is 18.3. The molecule has 0 bridgehead atoms. The van der Waals surface area contributed by atoms with E-state index in [0.717, 1.165) is 34.9 Å². The van der Waals surface area contributed by atoms with Crippen molar-refractivity contribution in [1.82, 2.24) is 10.2 Å². The molecule has 0 aliphatic rings. The highest BCUT2D eigenvalue weighted by molar-refractivity contribution is 9.10. The quantitative estimate of drug-likeness (QED) is 0.452. The van der Waals surface area contributed by atoms with E-state index in [1.54, 1.807) is 4.90 Å². The predicted octanol–water partition coefficient (Wildman–Crippen LogP) is 5.28. The highest BCUT2D eigenvalue weighted by Gasteiger charge is 2.25. The molecule has 0 saturated carbocycles. The number of carbonyl (C=O) groups is 2. The maximum atomic E-state index is 13.1. The highest BCUT2D eigenvalue weighted by Crippen LogP contribution is 2.17. The monoisotopic (exact) mass is 472 g/mol. The first-order chi connectivity index (χ1) is 14.4. The molecule has 0 aliphatic carbocycles. The smallest absolute Gasteiger partial charge is 0.242 e. The molecule has 5 heteroatoms. The Hall–Kier alpha value is -2.14. The summed E-state index contributed by atoms with van der Waals surface area (Å²) in [5.74, 6) is -0.105. The van der Waals surface area contributed by atoms with E-state index in [4.69, 9.17) is 0 Å². The van der Waals surface area contributed by atoms with Crippen LogP contribution in [0.3, 0.4) is 0 Å². The van der Waals surface area contributed by atoms with Crippen molar-refractivity contribution in [3.63, 3.8) is 0 Å². The average Bonchev–Trinajstić information content (AvgIpc) is 2.75. The Morgan fingerprint density at radius 1 is 1.03 bits per heavy atom. The van der Waals surface area contributed by atoms with Crippen LogP contribution in [0.4, 0.5) is 0 Å². The highest BCUT2D eigenvalue weighted by atomic mass is 79.9. The number of amides is 2. The zero-order chi connectivity index (χ0) is 21.9. The van der Waals surface area contributed by atoms with E-state index in [1.165, 1.54) is 5.56 Å². The molecule has 0 radical (unpaired) electrons. The lowest BCUT2D eigenvalue weighted by molar-refractivity contribution is -0.140. The minimum atomic E-state index is -0.518. The number of hydrogen-bond acceptors (Lipinski definition) is 2. The second-order valence-electron chi connectivity index (χ2n) is 7.64. The summed E-state index contributed by atoms with van der Waals surface area (Å²) in [5, 5.41) is 2.96. The first-order valence-electron chi connectivity index (χ1n) is 10.8. The SMILES string of the molecule is CCCCNC(=O)C(C)N(Cc1cccc(Br)c1)C(=O)CCc1ccc(CC)cc1. The topological polar surface area (TPSA) is 49.4 Å². The number of rotatable bonds is 11. The van der Waals surface area contributed by atoms with Crippen LogP contribution in [0, 0.1) is 0 Å². The average molecular weight is 473 g/mol. The van der Waals surface area contributed by atoms with Crippen molar-refractivity contribution in [2.24, 2.45) is 0 Å². The molecule has 0 spiro atoms. The minimum absolute atomic E-state index is 0.00677. The summed E-state index contributed by atoms with van der Waals surface area (Å²) >= 11 is 3.49. The largest absolute Gasteiger partial charge is 0.354 e. The van der Waals surface area contributed by atoms with Gasteiger partial charge in [0.05, 0.1) is 0 Å². The maximum Gasteiger partial charge on any atom is 0.242 e. The first-order valence-corrected chi connectivity index (χ1v) is 11.6. The molecule has 162 valence electrons. The predicted molar refractivity (Wildman–Crippen MR) is 126 cm³/mol. The second-order valence-corrected chi connectivity index (χ2v) is 8.56. The number of nitrogens with zero attached hydrogens (tertiary/aromatic N) is 1. The summed E-state index contributed by atoms with van der Waals surface area (Å²) in [7, 11) is 0. The van der Waals surface area contributed by atoms with Gasteiger partial charge in [0, 0.05) is 24.0 Å². The summed E-state index contributed by atoms with van der Waals surface area (Å²) in [6, 6.07) is 15.8. The molecule has 1 N–H and O–H groups in total. The van der Waals surface area contributed by atoms with Gasteiger partial charge in [-0.25, -0.2) is 0 Å². The molecule has 1 unspecified atom stereocenters. The first kappa shape index (κ1) is 24.1. The van der Waals surface area contributed by atoms with Gasteiger partial charge in [0.15, 0.2) is 0 Å². The lowest BCUT2D eigenvalue weighted by Gasteiger charge is -2.29. The van der Waals surface area contributed by atoms with Crippen molar-refractivity contribution in [2.45, 2.75) is 65.5 Å². The molecule has 4 nitrogen and oxygen atoms in total. The lowest BCUT2D eigenvalue weighted by Crippen LogP contribution is -2.47. The molecular weight excluding hydrogens is 440 g/mol. The summed E-state index contributed by atoms with van der Waals surface area (Å²) in [6.07, 6.45) is 4.01. The fourth-order valence-corrected chi connectivity index (χ4v) is 3.73. The third-order valence-corrected chi connectivity index (χ3v) is 5.79. The lowest BCUT2D eigenvalue weighted by atomic mass is 10.0. The van der Waals surface area contributed by atoms with Gasteiger partial charge in [-0.2, -0.15) is 0 Å². The number of nitrogens with one attached hydrogen (secondary N) is 1. The van der Waals surface area contributed by atoms with Crippen molar-refractivity contribution < 1.29 is 9.59 Å². The van der Waals surface area contributed by atoms with Crippen molar-refractivity contribution in [3.8, 4) is 0 Å². The van der Waals surface area contributed by atoms with Gasteiger partial charge in [-0.05, 0) is 55.0 Å². The molecule has 0 aliphatic heterocycles. The van der Waals surface area contributed by atoms with Gasteiger partial charge >= 0.3 is 0 Å². The summed E-state index contributed by atoms with van der Waals surface area (Å²) in [6.45, 7) is 7.09. The van der Waals surface area contributed by atoms with Crippen LogP contribution < -0.4 is 5.32 Å². The van der Waals surface area contributed by atoms with Crippen molar-refractivity contribution in [3.05, 3.63) is 69.7 Å². The molecule has 2 aromatic rings. The Balaban J connectivity index is 2.09. The van der Waals surface area contributed by atoms with Crippen LogP contribution in [0.1, 0.15) is 56.7 Å². The van der Waals surface area contributed by atoms with Crippen molar-refractivity contribution in [1.29, 1.82) is 0 Å². The molecule has 0 heterocycles. The number of aryl methyl sites for hydroxylation is 2. The normalized spacial score (nSPS) is 11.7. The van der Waals surface area contributed by atoms with Crippen LogP contribution in [0.15, 0.2) is 53.0 Å². The van der Waals surface area contributed by atoms with E-state index in [9.17, 15) is 9.59 Å². The number of benzene rings is 2. The fraction of sp³-hybridized carbons (Fsp3) is 0.440. The maximum absolute atomic E-state index is 13.1. The van der Waals surface area contributed by atoms with Crippen LogP contribution in [0.5, 0.6) is 0 Å². The third kappa shape index (κ3) is 7.60. The Bertz CT molecular complexity index is 820. The van der Waals surface area contributed by atoms with E-state index in [0.29, 0.717) is 25.9 Å². The molecule has 30 heavy (non-hydrogen) atoms. The third-order valence-electron chi connectivity index (χ3n) is 5.30. The van der Waals surface area contributed by atoms with Gasteiger partial charge in [0.25, 0.3) is 0 Å². The molecule has 0 fully saturated rings. The van der Waals surface area contributed by atoms with Crippen LogP contribution >= 0.6 is 15.9 Å². The van der Waals surface area contributed by atoms with Crippen LogP contribution in [-0.4, -0.2) is 29.3 Å². The molecule has 0 saturated heterocycles. The van der Waals surface area contributed by atoms with Gasteiger partial charge in [-0.15, -0.1) is 0 Å². The van der Waals surface area contributed by atoms with Crippen LogP contribution in [-0.2, 0) is 29.0 Å². The number of halogens is 1. The van der Waals surface area contributed by atoms with Gasteiger partial charge in [0.1, 0.15) is 6.04 Å². The molecule has 2 aromatic carbocycles. The van der Waals surface area contributed by atoms with E-state index < -0.39 is 6.04 Å². The standard InChI is InChI=1S/C25H33BrN2O2/c1-4-6-16-27-25(30)19(3)28(18-22-8-7-9-23(26)17-22)24(29)15-14-21-12-10-20(5-2)11-13-21/h7-13,17,19H,4-6,14-16,18H2,1-3H3,(H,27,30). The molecular formula is C25H33BrN2O2. The van der Waals surface area contributed by atoms with Crippen molar-refractivity contribution >= 4 is 27.7 Å². The van der Waals surface area contributed by atoms with E-state index in [1.807, 2.05) is 31.2 Å². The number of unbranched alkanes of at least 4 members (excludes halogenated alkanes) is 1. The minimum Gasteiger partial charge on any atom is -0.354 e. The summed E-state index contributed by atoms with van der Waals surface area (Å²) in [5.41, 5.74) is 3.43. The summed E-state index contributed by atoms with van der Waals surface area (Å²) in [4.78, 5) is 27.5. The molecule has 0 aromatic heterocycles. The second kappa shape index (κ2) is 12.5. The van der Waals surface area contributed by atoms with Crippen LogP contribution in [0.25, 0.3) is 0 Å².